The zero-order valence-electron chi connectivity index (χ0n) is 23.0. The number of aromatic amines is 1. The highest BCUT2D eigenvalue weighted by Gasteiger charge is 2.35. The molecule has 1 N–H and O–H groups in total. The fraction of sp³-hybridized carbons (Fsp3) is 0.704. The van der Waals surface area contributed by atoms with Crippen LogP contribution in [0.5, 0.6) is 0 Å². The summed E-state index contributed by atoms with van der Waals surface area (Å²) in [7, 11) is -6.71. The number of fused-ring (bicyclic) bond motifs is 1. The first-order chi connectivity index (χ1) is 16.7. The lowest BCUT2D eigenvalue weighted by molar-refractivity contribution is 0.304. The minimum Gasteiger partial charge on any atom is -0.416 e. The first-order valence-electron chi connectivity index (χ1n) is 14.0. The van der Waals surface area contributed by atoms with Crippen molar-refractivity contribution < 1.29 is 12.8 Å². The first-order valence-corrected chi connectivity index (χ1v) is 20.8. The molecule has 0 bridgehead atoms. The predicted molar refractivity (Wildman–Crippen MR) is 155 cm³/mol. The Kier molecular flexibility index (Phi) is 9.88. The summed E-state index contributed by atoms with van der Waals surface area (Å²) in [5, 5.41) is 2.52. The molecular formula is C27H48N2O3SSi2. The van der Waals surface area contributed by atoms with Crippen LogP contribution in [0, 0.1) is 0 Å². The van der Waals surface area contributed by atoms with Crippen molar-refractivity contribution in [2.75, 3.05) is 25.6 Å². The van der Waals surface area contributed by atoms with E-state index in [4.69, 9.17) is 4.43 Å². The van der Waals surface area contributed by atoms with Gasteiger partial charge in [0.25, 0.3) is 0 Å². The van der Waals surface area contributed by atoms with Gasteiger partial charge in [0.2, 0.25) is 0 Å². The SMILES string of the molecule is CC[Si](CC)(CC)OCCc1c([Si](CC)(CC)CC)[nH]c2ccc(S(=O)(=O)CN3CCCC3)cc12. The number of sulfone groups is 1. The zero-order chi connectivity index (χ0) is 25.7. The van der Waals surface area contributed by atoms with Gasteiger partial charge in [-0.1, -0.05) is 59.7 Å². The van der Waals surface area contributed by atoms with E-state index in [1.807, 2.05) is 18.2 Å². The summed E-state index contributed by atoms with van der Waals surface area (Å²) in [5.74, 6) is 0.128. The average molecular weight is 537 g/mol. The van der Waals surface area contributed by atoms with E-state index in [1.54, 1.807) is 0 Å². The van der Waals surface area contributed by atoms with Gasteiger partial charge in [-0.3, -0.25) is 4.90 Å². The van der Waals surface area contributed by atoms with Crippen LogP contribution in [0.15, 0.2) is 23.1 Å². The van der Waals surface area contributed by atoms with Crippen LogP contribution < -0.4 is 5.32 Å². The number of aromatic nitrogens is 1. The summed E-state index contributed by atoms with van der Waals surface area (Å²) in [6, 6.07) is 12.8. The lowest BCUT2D eigenvalue weighted by atomic mass is 10.1. The van der Waals surface area contributed by atoms with E-state index in [-0.39, 0.29) is 5.88 Å². The van der Waals surface area contributed by atoms with Gasteiger partial charge in [-0.15, -0.1) is 0 Å². The molecule has 5 nitrogen and oxygen atoms in total. The number of hydrogen-bond acceptors (Lipinski definition) is 4. The number of benzene rings is 1. The maximum absolute atomic E-state index is 13.3. The molecule has 2 heterocycles. The summed E-state index contributed by atoms with van der Waals surface area (Å²) in [6.07, 6.45) is 3.04. The van der Waals surface area contributed by atoms with Crippen molar-refractivity contribution in [1.82, 2.24) is 9.88 Å². The third kappa shape index (κ3) is 5.98. The number of nitrogens with zero attached hydrogens (tertiary/aromatic N) is 1. The summed E-state index contributed by atoms with van der Waals surface area (Å²) in [6.45, 7) is 16.3. The fourth-order valence-electron chi connectivity index (χ4n) is 6.07. The largest absolute Gasteiger partial charge is 0.416 e. The smallest absolute Gasteiger partial charge is 0.191 e. The average Bonchev–Trinajstić information content (AvgIpc) is 3.51. The minimum absolute atomic E-state index is 0.128. The Hall–Kier alpha value is -0.936. The molecule has 0 aliphatic carbocycles. The standard InChI is InChI=1S/C27H48N2O3SSi2/c1-7-34(8-2,9-3)27-24(17-20-32-35(10-4,11-5)12-6)25-21-23(15-16-26(25)28-27)33(30,31)22-29-18-13-14-19-29/h15-16,21,28H,7-14,17-20,22H2,1-6H3. The summed E-state index contributed by atoms with van der Waals surface area (Å²) >= 11 is 0. The number of rotatable bonds is 14. The summed E-state index contributed by atoms with van der Waals surface area (Å²) < 4.78 is 33.3. The molecule has 0 atom stereocenters. The molecule has 2 aromatic rings. The zero-order valence-corrected chi connectivity index (χ0v) is 25.8. The van der Waals surface area contributed by atoms with E-state index < -0.39 is 26.2 Å². The van der Waals surface area contributed by atoms with Crippen LogP contribution in [-0.2, 0) is 20.7 Å². The van der Waals surface area contributed by atoms with E-state index in [0.29, 0.717) is 4.90 Å². The van der Waals surface area contributed by atoms with Gasteiger partial charge < -0.3 is 9.41 Å². The van der Waals surface area contributed by atoms with Crippen molar-refractivity contribution >= 4 is 42.4 Å². The summed E-state index contributed by atoms with van der Waals surface area (Å²) in [5.41, 5.74) is 2.40. The van der Waals surface area contributed by atoms with E-state index >= 15 is 0 Å². The van der Waals surface area contributed by atoms with Crippen molar-refractivity contribution in [2.45, 2.75) is 102 Å². The van der Waals surface area contributed by atoms with Gasteiger partial charge in [0.05, 0.1) is 4.90 Å². The van der Waals surface area contributed by atoms with Crippen molar-refractivity contribution in [2.24, 2.45) is 0 Å². The van der Waals surface area contributed by atoms with Crippen LogP contribution in [0.2, 0.25) is 36.3 Å². The second-order valence-electron chi connectivity index (χ2n) is 10.4. The van der Waals surface area contributed by atoms with Gasteiger partial charge in [-0.2, -0.15) is 0 Å². The van der Waals surface area contributed by atoms with E-state index in [9.17, 15) is 8.42 Å². The second kappa shape index (κ2) is 12.1. The Morgan fingerprint density at radius 2 is 1.51 bits per heavy atom. The molecule has 0 radical (unpaired) electrons. The number of likely N-dealkylation sites (tertiary alicyclic amines) is 1. The van der Waals surface area contributed by atoms with E-state index in [0.717, 1.165) is 68.0 Å². The Bertz CT molecular complexity index is 1050. The lowest BCUT2D eigenvalue weighted by Crippen LogP contribution is -2.48. The van der Waals surface area contributed by atoms with Crippen molar-refractivity contribution in [3.8, 4) is 0 Å². The quantitative estimate of drug-likeness (QED) is 0.289. The molecule has 0 amide bonds. The molecule has 0 unspecified atom stereocenters. The van der Waals surface area contributed by atoms with E-state index in [2.05, 4.69) is 51.4 Å². The monoisotopic (exact) mass is 536 g/mol. The van der Waals surface area contributed by atoms with Crippen LogP contribution >= 0.6 is 0 Å². The van der Waals surface area contributed by atoms with Gasteiger partial charge in [0.15, 0.2) is 18.2 Å². The molecule has 1 aliphatic rings. The summed E-state index contributed by atoms with van der Waals surface area (Å²) in [4.78, 5) is 6.34. The molecule has 198 valence electrons. The molecule has 35 heavy (non-hydrogen) atoms. The second-order valence-corrected chi connectivity index (χ2v) is 22.4. The topological polar surface area (TPSA) is 62.4 Å². The van der Waals surface area contributed by atoms with Crippen LogP contribution in [-0.4, -0.2) is 60.3 Å². The molecule has 8 heteroatoms. The number of hydrogen-bond donors (Lipinski definition) is 1. The normalized spacial score (nSPS) is 15.9. The van der Waals surface area contributed by atoms with Crippen LogP contribution in [0.4, 0.5) is 0 Å². The predicted octanol–water partition coefficient (Wildman–Crippen LogP) is 6.27. The third-order valence-corrected chi connectivity index (χ3v) is 20.9. The number of H-pyrrole nitrogens is 1. The highest BCUT2D eigenvalue weighted by molar-refractivity contribution is 7.91. The molecule has 0 saturated carbocycles. The molecule has 1 fully saturated rings. The molecule has 3 rings (SSSR count). The van der Waals surface area contributed by atoms with Gasteiger partial charge in [0.1, 0.15) is 14.0 Å². The van der Waals surface area contributed by atoms with Gasteiger partial charge in [0, 0.05) is 22.8 Å². The van der Waals surface area contributed by atoms with Gasteiger partial charge >= 0.3 is 0 Å². The molecule has 1 aromatic carbocycles. The minimum atomic E-state index is -3.35. The fourth-order valence-corrected chi connectivity index (χ4v) is 14.0. The molecule has 1 saturated heterocycles. The molecule has 0 spiro atoms. The molecular weight excluding hydrogens is 489 g/mol. The van der Waals surface area contributed by atoms with Gasteiger partial charge in [-0.05, 0) is 74.2 Å². The Morgan fingerprint density at radius 1 is 0.914 bits per heavy atom. The molecule has 1 aliphatic heterocycles. The first kappa shape index (κ1) is 28.6. The van der Waals surface area contributed by atoms with Crippen LogP contribution in [0.25, 0.3) is 10.9 Å². The highest BCUT2D eigenvalue weighted by atomic mass is 32.2. The number of nitrogens with one attached hydrogen (secondary N) is 1. The Morgan fingerprint density at radius 3 is 2.06 bits per heavy atom. The van der Waals surface area contributed by atoms with Gasteiger partial charge in [-0.25, -0.2) is 8.42 Å². The highest BCUT2D eigenvalue weighted by Crippen LogP contribution is 2.30. The van der Waals surface area contributed by atoms with Crippen LogP contribution in [0.3, 0.4) is 0 Å². The maximum Gasteiger partial charge on any atom is 0.191 e. The third-order valence-electron chi connectivity index (χ3n) is 9.04. The Labute approximate surface area is 216 Å². The molecule has 1 aromatic heterocycles. The Balaban J connectivity index is 2.04. The maximum atomic E-state index is 13.3. The lowest BCUT2D eigenvalue weighted by Gasteiger charge is -2.30. The van der Waals surface area contributed by atoms with Crippen molar-refractivity contribution in [3.63, 3.8) is 0 Å². The van der Waals surface area contributed by atoms with Crippen molar-refractivity contribution in [3.05, 3.63) is 23.8 Å². The van der Waals surface area contributed by atoms with Crippen molar-refractivity contribution in [1.29, 1.82) is 0 Å². The van der Waals surface area contributed by atoms with Crippen LogP contribution in [0.1, 0.15) is 59.9 Å². The van der Waals surface area contributed by atoms with E-state index in [1.165, 1.54) is 29.0 Å².